The molecule has 1 aromatic carbocycles. The highest BCUT2D eigenvalue weighted by Gasteiger charge is 2.12. The van der Waals surface area contributed by atoms with E-state index < -0.39 is 10.0 Å². The lowest BCUT2D eigenvalue weighted by Gasteiger charge is -2.06. The van der Waals surface area contributed by atoms with Gasteiger partial charge in [-0.15, -0.1) is 0 Å². The molecular formula is C14H18N2O3S. The van der Waals surface area contributed by atoms with Crippen molar-refractivity contribution >= 4 is 10.0 Å². The zero-order valence-electron chi connectivity index (χ0n) is 11.3. The molecule has 1 heterocycles. The summed E-state index contributed by atoms with van der Waals surface area (Å²) in [7, 11) is -3.76. The normalized spacial score (nSPS) is 11.7. The Bertz CT molecular complexity index is 677. The van der Waals surface area contributed by atoms with Gasteiger partial charge >= 0.3 is 0 Å². The van der Waals surface area contributed by atoms with Gasteiger partial charge in [-0.25, -0.2) is 13.6 Å². The van der Waals surface area contributed by atoms with Gasteiger partial charge in [0.1, 0.15) is 5.76 Å². The van der Waals surface area contributed by atoms with Crippen LogP contribution in [0.2, 0.25) is 0 Å². The summed E-state index contributed by atoms with van der Waals surface area (Å²) in [6.45, 7) is 3.35. The Morgan fingerprint density at radius 3 is 2.60 bits per heavy atom. The van der Waals surface area contributed by atoms with Crippen molar-refractivity contribution in [2.24, 2.45) is 5.14 Å². The molecule has 0 aliphatic heterocycles. The van der Waals surface area contributed by atoms with E-state index in [-0.39, 0.29) is 5.09 Å². The van der Waals surface area contributed by atoms with E-state index in [2.05, 4.69) is 24.4 Å². The molecule has 0 unspecified atom stereocenters. The van der Waals surface area contributed by atoms with E-state index in [4.69, 9.17) is 9.56 Å². The van der Waals surface area contributed by atoms with Gasteiger partial charge in [0.2, 0.25) is 5.09 Å². The third-order valence-electron chi connectivity index (χ3n) is 3.05. The van der Waals surface area contributed by atoms with Crippen LogP contribution in [0, 0.1) is 6.92 Å². The molecular weight excluding hydrogens is 276 g/mol. The number of rotatable bonds is 6. The number of nitrogens with one attached hydrogen (secondary N) is 1. The first-order valence-electron chi connectivity index (χ1n) is 6.33. The first kappa shape index (κ1) is 14.8. The second-order valence-corrected chi connectivity index (χ2v) is 6.11. The summed E-state index contributed by atoms with van der Waals surface area (Å²) < 4.78 is 27.3. The Labute approximate surface area is 118 Å². The molecule has 0 saturated carbocycles. The third kappa shape index (κ3) is 3.93. The van der Waals surface area contributed by atoms with Crippen LogP contribution >= 0.6 is 0 Å². The second-order valence-electron chi connectivity index (χ2n) is 4.62. The molecule has 3 N–H and O–H groups in total. The Balaban J connectivity index is 1.82. The number of furan rings is 1. The van der Waals surface area contributed by atoms with Gasteiger partial charge in [-0.1, -0.05) is 24.3 Å². The minimum Gasteiger partial charge on any atom is -0.447 e. The maximum Gasteiger partial charge on any atom is 0.271 e. The average molecular weight is 294 g/mol. The van der Waals surface area contributed by atoms with Gasteiger partial charge < -0.3 is 9.73 Å². The van der Waals surface area contributed by atoms with Gasteiger partial charge in [0.15, 0.2) is 0 Å². The Kier molecular flexibility index (Phi) is 4.59. The van der Waals surface area contributed by atoms with Crippen molar-refractivity contribution in [1.82, 2.24) is 5.32 Å². The lowest BCUT2D eigenvalue weighted by molar-refractivity contribution is 0.403. The maximum absolute atomic E-state index is 11.1. The highest BCUT2D eigenvalue weighted by atomic mass is 32.2. The van der Waals surface area contributed by atoms with Gasteiger partial charge in [-0.05, 0) is 43.1 Å². The highest BCUT2D eigenvalue weighted by Crippen LogP contribution is 2.12. The van der Waals surface area contributed by atoms with E-state index in [0.717, 1.165) is 13.0 Å². The van der Waals surface area contributed by atoms with Gasteiger partial charge in [0.25, 0.3) is 10.0 Å². The van der Waals surface area contributed by atoms with Crippen molar-refractivity contribution in [3.05, 3.63) is 53.3 Å². The minimum atomic E-state index is -3.76. The molecule has 0 atom stereocenters. The van der Waals surface area contributed by atoms with Crippen LogP contribution in [0.5, 0.6) is 0 Å². The number of benzene rings is 1. The van der Waals surface area contributed by atoms with Gasteiger partial charge in [-0.2, -0.15) is 0 Å². The van der Waals surface area contributed by atoms with Crippen LogP contribution in [0.1, 0.15) is 16.9 Å². The molecule has 0 fully saturated rings. The van der Waals surface area contributed by atoms with Crippen LogP contribution in [-0.4, -0.2) is 15.0 Å². The number of hydrogen-bond acceptors (Lipinski definition) is 4. The predicted molar refractivity (Wildman–Crippen MR) is 76.7 cm³/mol. The van der Waals surface area contributed by atoms with Crippen LogP contribution in [0.3, 0.4) is 0 Å². The summed E-state index contributed by atoms with van der Waals surface area (Å²) in [6, 6.07) is 11.2. The number of nitrogens with two attached hydrogens (primary N) is 1. The Morgan fingerprint density at radius 1 is 1.20 bits per heavy atom. The lowest BCUT2D eigenvalue weighted by atomic mass is 10.1. The van der Waals surface area contributed by atoms with Gasteiger partial charge in [-0.3, -0.25) is 0 Å². The van der Waals surface area contributed by atoms with Crippen molar-refractivity contribution in [2.75, 3.05) is 6.54 Å². The summed E-state index contributed by atoms with van der Waals surface area (Å²) in [4.78, 5) is 0. The summed E-state index contributed by atoms with van der Waals surface area (Å²) in [5.74, 6) is 0.554. The fourth-order valence-electron chi connectivity index (χ4n) is 1.93. The van der Waals surface area contributed by atoms with Crippen molar-refractivity contribution in [3.63, 3.8) is 0 Å². The lowest BCUT2D eigenvalue weighted by Crippen LogP contribution is -2.16. The molecule has 0 spiro atoms. The maximum atomic E-state index is 11.1. The zero-order chi connectivity index (χ0) is 14.6. The fourth-order valence-corrected chi connectivity index (χ4v) is 2.41. The molecule has 20 heavy (non-hydrogen) atoms. The molecule has 0 aliphatic carbocycles. The van der Waals surface area contributed by atoms with E-state index in [1.54, 1.807) is 6.07 Å². The molecule has 0 radical (unpaired) electrons. The van der Waals surface area contributed by atoms with Crippen LogP contribution in [0.4, 0.5) is 0 Å². The highest BCUT2D eigenvalue weighted by molar-refractivity contribution is 7.89. The average Bonchev–Trinajstić information content (AvgIpc) is 2.85. The van der Waals surface area contributed by atoms with Crippen molar-refractivity contribution in [3.8, 4) is 0 Å². The first-order valence-corrected chi connectivity index (χ1v) is 7.88. The molecule has 2 rings (SSSR count). The summed E-state index contributed by atoms with van der Waals surface area (Å²) in [5, 5.41) is 7.99. The molecule has 2 aromatic rings. The van der Waals surface area contributed by atoms with E-state index in [9.17, 15) is 8.42 Å². The SMILES string of the molecule is Cc1ccccc1CCNCc1ccc(S(N)(=O)=O)o1. The number of aryl methyl sites for hydroxylation is 1. The molecule has 0 saturated heterocycles. The zero-order valence-corrected chi connectivity index (χ0v) is 12.1. The molecule has 108 valence electrons. The third-order valence-corrected chi connectivity index (χ3v) is 3.83. The number of sulfonamides is 1. The molecule has 0 amide bonds. The van der Waals surface area contributed by atoms with Crippen molar-refractivity contribution in [1.29, 1.82) is 0 Å². The topological polar surface area (TPSA) is 85.3 Å². The van der Waals surface area contributed by atoms with E-state index >= 15 is 0 Å². The molecule has 5 nitrogen and oxygen atoms in total. The number of primary sulfonamides is 1. The van der Waals surface area contributed by atoms with Gasteiger partial charge in [0.05, 0.1) is 6.54 Å². The standard InChI is InChI=1S/C14H18N2O3S/c1-11-4-2-3-5-12(11)8-9-16-10-13-6-7-14(19-13)20(15,17)18/h2-7,16H,8-10H2,1H3,(H2,15,17,18). The van der Waals surface area contributed by atoms with Crippen LogP contribution < -0.4 is 10.5 Å². The molecule has 0 aliphatic rings. The molecule has 6 heteroatoms. The van der Waals surface area contributed by atoms with Crippen molar-refractivity contribution < 1.29 is 12.8 Å². The Morgan fingerprint density at radius 2 is 1.95 bits per heavy atom. The quantitative estimate of drug-likeness (QED) is 0.792. The smallest absolute Gasteiger partial charge is 0.271 e. The fraction of sp³-hybridized carbons (Fsp3) is 0.286. The van der Waals surface area contributed by atoms with Crippen LogP contribution in [0.15, 0.2) is 45.9 Å². The largest absolute Gasteiger partial charge is 0.447 e. The number of hydrogen-bond donors (Lipinski definition) is 2. The van der Waals surface area contributed by atoms with E-state index in [0.29, 0.717) is 12.3 Å². The summed E-state index contributed by atoms with van der Waals surface area (Å²) in [5.41, 5.74) is 2.56. The van der Waals surface area contributed by atoms with Crippen LogP contribution in [0.25, 0.3) is 0 Å². The summed E-state index contributed by atoms with van der Waals surface area (Å²) in [6.07, 6.45) is 0.912. The second kappa shape index (κ2) is 6.21. The van der Waals surface area contributed by atoms with Crippen molar-refractivity contribution in [2.45, 2.75) is 25.0 Å². The monoisotopic (exact) mass is 294 g/mol. The van der Waals surface area contributed by atoms with E-state index in [1.165, 1.54) is 17.2 Å². The predicted octanol–water partition coefficient (Wildman–Crippen LogP) is 1.57. The summed E-state index contributed by atoms with van der Waals surface area (Å²) >= 11 is 0. The van der Waals surface area contributed by atoms with Gasteiger partial charge in [0, 0.05) is 0 Å². The Hall–Kier alpha value is -1.63. The van der Waals surface area contributed by atoms with E-state index in [1.807, 2.05) is 12.1 Å². The first-order chi connectivity index (χ1) is 9.47. The molecule has 1 aromatic heterocycles. The van der Waals surface area contributed by atoms with Crippen LogP contribution in [-0.2, 0) is 23.0 Å². The molecule has 0 bridgehead atoms. The minimum absolute atomic E-state index is 0.201.